The van der Waals surface area contributed by atoms with Crippen molar-refractivity contribution in [1.82, 2.24) is 5.32 Å². The highest BCUT2D eigenvalue weighted by molar-refractivity contribution is 5.42. The number of hydrogen-bond acceptors (Lipinski definition) is 4. The Balaban J connectivity index is 1.91. The van der Waals surface area contributed by atoms with Gasteiger partial charge in [-0.1, -0.05) is 25.3 Å². The molecule has 1 aliphatic rings. The summed E-state index contributed by atoms with van der Waals surface area (Å²) in [7, 11) is 3.31. The van der Waals surface area contributed by atoms with Gasteiger partial charge in [-0.25, -0.2) is 0 Å². The molecule has 2 rings (SSSR count). The van der Waals surface area contributed by atoms with Crippen LogP contribution in [0.3, 0.4) is 0 Å². The number of nitrogens with one attached hydrogen (secondary N) is 1. The number of rotatable bonds is 8. The summed E-state index contributed by atoms with van der Waals surface area (Å²) in [5.74, 6) is 1.53. The summed E-state index contributed by atoms with van der Waals surface area (Å²) in [5.41, 5.74) is 1.47. The number of benzene rings is 1. The molecule has 0 spiro atoms. The zero-order valence-corrected chi connectivity index (χ0v) is 13.9. The van der Waals surface area contributed by atoms with Gasteiger partial charge in [-0.05, 0) is 42.4 Å². The van der Waals surface area contributed by atoms with Crippen LogP contribution < -0.4 is 14.8 Å². The molecule has 0 amide bonds. The van der Waals surface area contributed by atoms with Gasteiger partial charge in [0.05, 0.1) is 14.2 Å². The van der Waals surface area contributed by atoms with Gasteiger partial charge < -0.3 is 19.9 Å². The minimum atomic E-state index is 0.281. The van der Waals surface area contributed by atoms with Crippen LogP contribution >= 0.6 is 0 Å². The van der Waals surface area contributed by atoms with Gasteiger partial charge in [-0.15, -0.1) is 0 Å². The maximum atomic E-state index is 9.37. The van der Waals surface area contributed by atoms with E-state index < -0.39 is 0 Å². The highest BCUT2D eigenvalue weighted by Gasteiger charge is 2.30. The zero-order valence-electron chi connectivity index (χ0n) is 13.9. The Morgan fingerprint density at radius 2 is 1.82 bits per heavy atom. The normalized spacial score (nSPS) is 17.2. The maximum absolute atomic E-state index is 9.37. The lowest BCUT2D eigenvalue weighted by molar-refractivity contribution is 0.126. The zero-order chi connectivity index (χ0) is 15.8. The topological polar surface area (TPSA) is 50.7 Å². The number of ether oxygens (including phenoxy) is 2. The van der Waals surface area contributed by atoms with Gasteiger partial charge in [0.25, 0.3) is 0 Å². The Hall–Kier alpha value is -1.26. The SMILES string of the molecule is COc1ccc(CNCC2(CCO)CCCCC2)cc1OC. The van der Waals surface area contributed by atoms with Gasteiger partial charge >= 0.3 is 0 Å². The van der Waals surface area contributed by atoms with E-state index in [9.17, 15) is 5.11 Å². The molecule has 2 N–H and O–H groups in total. The summed E-state index contributed by atoms with van der Waals surface area (Å²) in [4.78, 5) is 0. The summed E-state index contributed by atoms with van der Waals surface area (Å²) in [6.45, 7) is 2.08. The molecule has 22 heavy (non-hydrogen) atoms. The molecule has 124 valence electrons. The van der Waals surface area contributed by atoms with E-state index in [0.29, 0.717) is 0 Å². The largest absolute Gasteiger partial charge is 0.493 e. The minimum Gasteiger partial charge on any atom is -0.493 e. The van der Waals surface area contributed by atoms with Crippen molar-refractivity contribution in [3.05, 3.63) is 23.8 Å². The molecule has 0 atom stereocenters. The molecule has 1 saturated carbocycles. The van der Waals surface area contributed by atoms with Gasteiger partial charge in [0.1, 0.15) is 0 Å². The van der Waals surface area contributed by atoms with Crippen molar-refractivity contribution in [2.24, 2.45) is 5.41 Å². The monoisotopic (exact) mass is 307 g/mol. The second kappa shape index (κ2) is 8.39. The van der Waals surface area contributed by atoms with Crippen molar-refractivity contribution < 1.29 is 14.6 Å². The molecule has 1 aromatic rings. The van der Waals surface area contributed by atoms with Crippen molar-refractivity contribution >= 4 is 0 Å². The quantitative estimate of drug-likeness (QED) is 0.775. The van der Waals surface area contributed by atoms with E-state index in [-0.39, 0.29) is 12.0 Å². The fourth-order valence-electron chi connectivity index (χ4n) is 3.52. The van der Waals surface area contributed by atoms with Crippen LogP contribution in [0.25, 0.3) is 0 Å². The third-order valence-electron chi connectivity index (χ3n) is 4.83. The van der Waals surface area contributed by atoms with Gasteiger partial charge in [0, 0.05) is 19.7 Å². The van der Waals surface area contributed by atoms with Crippen LogP contribution in [-0.4, -0.2) is 32.5 Å². The van der Waals surface area contributed by atoms with Crippen molar-refractivity contribution in [1.29, 1.82) is 0 Å². The fourth-order valence-corrected chi connectivity index (χ4v) is 3.52. The van der Waals surface area contributed by atoms with E-state index in [1.54, 1.807) is 14.2 Å². The number of methoxy groups -OCH3 is 2. The Bertz CT molecular complexity index is 450. The van der Waals surface area contributed by atoms with Crippen LogP contribution in [0.5, 0.6) is 11.5 Å². The van der Waals surface area contributed by atoms with E-state index in [2.05, 4.69) is 11.4 Å². The van der Waals surface area contributed by atoms with Crippen molar-refractivity contribution in [2.75, 3.05) is 27.4 Å². The molecule has 0 heterocycles. The predicted molar refractivity (Wildman–Crippen MR) is 88.5 cm³/mol. The van der Waals surface area contributed by atoms with E-state index in [4.69, 9.17) is 9.47 Å². The van der Waals surface area contributed by atoms with Crippen LogP contribution in [0.4, 0.5) is 0 Å². The predicted octanol–water partition coefficient (Wildman–Crippen LogP) is 3.13. The average molecular weight is 307 g/mol. The Morgan fingerprint density at radius 3 is 2.45 bits per heavy atom. The first-order chi connectivity index (χ1) is 10.7. The molecule has 0 aromatic heterocycles. The Kier molecular flexibility index (Phi) is 6.52. The van der Waals surface area contributed by atoms with Crippen LogP contribution in [0.2, 0.25) is 0 Å². The average Bonchev–Trinajstić information content (AvgIpc) is 2.56. The van der Waals surface area contributed by atoms with Crippen LogP contribution in [0, 0.1) is 5.41 Å². The highest BCUT2D eigenvalue weighted by atomic mass is 16.5. The molecule has 1 aliphatic carbocycles. The Morgan fingerprint density at radius 1 is 1.09 bits per heavy atom. The number of hydrogen-bond donors (Lipinski definition) is 2. The summed E-state index contributed by atoms with van der Waals surface area (Å²) in [6, 6.07) is 6.03. The summed E-state index contributed by atoms with van der Waals surface area (Å²) in [5, 5.41) is 12.9. The van der Waals surface area contributed by atoms with E-state index >= 15 is 0 Å². The third-order valence-corrected chi connectivity index (χ3v) is 4.83. The van der Waals surface area contributed by atoms with Crippen LogP contribution in [-0.2, 0) is 6.54 Å². The molecule has 0 unspecified atom stereocenters. The lowest BCUT2D eigenvalue weighted by Crippen LogP contribution is -2.36. The van der Waals surface area contributed by atoms with Gasteiger partial charge in [-0.2, -0.15) is 0 Å². The molecule has 0 aliphatic heterocycles. The first-order valence-corrected chi connectivity index (χ1v) is 8.25. The van der Waals surface area contributed by atoms with Crippen LogP contribution in [0.15, 0.2) is 18.2 Å². The van der Waals surface area contributed by atoms with E-state index in [1.165, 1.54) is 37.7 Å². The second-order valence-corrected chi connectivity index (χ2v) is 6.33. The molecule has 0 radical (unpaired) electrons. The molecule has 0 saturated heterocycles. The highest BCUT2D eigenvalue weighted by Crippen LogP contribution is 2.38. The fraction of sp³-hybridized carbons (Fsp3) is 0.667. The van der Waals surface area contributed by atoms with Gasteiger partial charge in [0.15, 0.2) is 11.5 Å². The van der Waals surface area contributed by atoms with Crippen molar-refractivity contribution in [3.63, 3.8) is 0 Å². The molecule has 4 nitrogen and oxygen atoms in total. The molecule has 1 aromatic carbocycles. The standard InChI is InChI=1S/C18H29NO3/c1-21-16-7-6-15(12-17(16)22-2)13-19-14-18(10-11-20)8-4-3-5-9-18/h6-7,12,19-20H,3-5,8-11,13-14H2,1-2H3. The molecule has 4 heteroatoms. The van der Waals surface area contributed by atoms with E-state index in [0.717, 1.165) is 31.0 Å². The number of aliphatic hydroxyl groups is 1. The smallest absolute Gasteiger partial charge is 0.161 e. The number of aliphatic hydroxyl groups excluding tert-OH is 1. The van der Waals surface area contributed by atoms with E-state index in [1.807, 2.05) is 12.1 Å². The van der Waals surface area contributed by atoms with Crippen molar-refractivity contribution in [2.45, 2.75) is 45.1 Å². The lowest BCUT2D eigenvalue weighted by atomic mass is 9.72. The second-order valence-electron chi connectivity index (χ2n) is 6.33. The third kappa shape index (κ3) is 4.37. The first kappa shape index (κ1) is 17.1. The lowest BCUT2D eigenvalue weighted by Gasteiger charge is -2.37. The first-order valence-electron chi connectivity index (χ1n) is 8.25. The minimum absolute atomic E-state index is 0.281. The summed E-state index contributed by atoms with van der Waals surface area (Å²) >= 11 is 0. The van der Waals surface area contributed by atoms with Crippen molar-refractivity contribution in [3.8, 4) is 11.5 Å². The van der Waals surface area contributed by atoms with Gasteiger partial charge in [0.2, 0.25) is 0 Å². The maximum Gasteiger partial charge on any atom is 0.161 e. The summed E-state index contributed by atoms with van der Waals surface area (Å²) < 4.78 is 10.6. The summed E-state index contributed by atoms with van der Waals surface area (Å²) in [6.07, 6.45) is 7.28. The molecule has 0 bridgehead atoms. The van der Waals surface area contributed by atoms with Crippen LogP contribution in [0.1, 0.15) is 44.1 Å². The molecular weight excluding hydrogens is 278 g/mol. The molecule has 1 fully saturated rings. The Labute approximate surface area is 133 Å². The molecular formula is C18H29NO3. The van der Waals surface area contributed by atoms with Gasteiger partial charge in [-0.3, -0.25) is 0 Å².